The quantitative estimate of drug-likeness (QED) is 0.00975. The first-order chi connectivity index (χ1) is 46.2. The summed E-state index contributed by atoms with van der Waals surface area (Å²) < 4.78 is 62.5. The van der Waals surface area contributed by atoms with Crippen molar-refractivity contribution in [3.05, 3.63) is 86.0 Å². The maximum atomic E-state index is 14.1. The Labute approximate surface area is 559 Å². The fourth-order valence-corrected chi connectivity index (χ4v) is 12.8. The summed E-state index contributed by atoms with van der Waals surface area (Å²) in [5.74, 6) is -5.22. The van der Waals surface area contributed by atoms with Crippen molar-refractivity contribution < 1.29 is 95.3 Å². The van der Waals surface area contributed by atoms with Crippen molar-refractivity contribution in [1.29, 1.82) is 0 Å². The Bertz CT molecular complexity index is 3010. The zero-order valence-corrected chi connectivity index (χ0v) is 55.4. The number of benzene rings is 2. The van der Waals surface area contributed by atoms with Gasteiger partial charge in [0.05, 0.1) is 111 Å². The van der Waals surface area contributed by atoms with Gasteiger partial charge in [-0.3, -0.25) is 28.8 Å². The van der Waals surface area contributed by atoms with Crippen LogP contribution in [0.3, 0.4) is 0 Å². The molecule has 0 spiro atoms. The number of esters is 9. The molecule has 24 heteroatoms. The van der Waals surface area contributed by atoms with Gasteiger partial charge in [-0.2, -0.15) is 5.10 Å². The van der Waals surface area contributed by atoms with Gasteiger partial charge in [-0.25, -0.2) is 24.4 Å². The van der Waals surface area contributed by atoms with Gasteiger partial charge < -0.3 is 52.1 Å². The maximum absolute atomic E-state index is 14.1. The number of anilines is 1. The molecule has 4 aliphatic carbocycles. The van der Waals surface area contributed by atoms with Crippen LogP contribution in [0.25, 0.3) is 10.2 Å². The zero-order chi connectivity index (χ0) is 67.6. The summed E-state index contributed by atoms with van der Waals surface area (Å²) in [6.07, 6.45) is 18.2. The number of fused-ring (bicyclic) bond motifs is 1. The Balaban J connectivity index is 0.901. The van der Waals surface area contributed by atoms with Crippen LogP contribution in [0.5, 0.6) is 11.5 Å². The van der Waals surface area contributed by atoms with E-state index in [4.69, 9.17) is 62.2 Å². The molecule has 4 fully saturated rings. The molecular weight excluding hydrogens is 1250 g/mol. The summed E-state index contributed by atoms with van der Waals surface area (Å²) >= 11 is 1.42. The van der Waals surface area contributed by atoms with E-state index in [2.05, 4.69) is 19.7 Å². The highest BCUT2D eigenvalue weighted by molar-refractivity contribution is 7.22. The third-order valence-corrected chi connectivity index (χ3v) is 18.5. The Morgan fingerprint density at radius 1 is 0.453 bits per heavy atom. The first-order valence-electron chi connectivity index (χ1n) is 33.7. The molecule has 4 saturated carbocycles. The van der Waals surface area contributed by atoms with Crippen molar-refractivity contribution in [2.75, 3.05) is 71.0 Å². The van der Waals surface area contributed by atoms with Crippen molar-refractivity contribution in [1.82, 2.24) is 4.98 Å². The van der Waals surface area contributed by atoms with Crippen LogP contribution in [0.1, 0.15) is 160 Å². The Morgan fingerprint density at radius 3 is 1.35 bits per heavy atom. The van der Waals surface area contributed by atoms with E-state index in [0.29, 0.717) is 153 Å². The van der Waals surface area contributed by atoms with Crippen LogP contribution >= 0.6 is 11.3 Å². The summed E-state index contributed by atoms with van der Waals surface area (Å²) in [7, 11) is 0. The highest BCUT2D eigenvalue weighted by atomic mass is 32.1. The number of aromatic nitrogens is 1. The number of carbonyl (C=O) groups is 9. The second-order valence-electron chi connectivity index (χ2n) is 24.3. The van der Waals surface area contributed by atoms with E-state index in [0.717, 1.165) is 67.0 Å². The van der Waals surface area contributed by atoms with Crippen LogP contribution in [0, 0.1) is 35.5 Å². The number of hydrogen-bond acceptors (Lipinski definition) is 24. The van der Waals surface area contributed by atoms with Gasteiger partial charge in [0.2, 0.25) is 5.13 Å². The number of rotatable bonds is 39. The molecule has 0 atom stereocenters. The maximum Gasteiger partial charge on any atom is 0.330 e. The molecule has 0 saturated heterocycles. The van der Waals surface area contributed by atoms with Crippen LogP contribution in [0.15, 0.2) is 85.5 Å². The molecule has 0 bridgehead atoms. The molecule has 7 rings (SSSR count). The van der Waals surface area contributed by atoms with Crippen LogP contribution in [0.4, 0.5) is 5.13 Å². The molecule has 0 radical (unpaired) electrons. The average Bonchev–Trinajstić information content (AvgIpc) is 1.92. The minimum absolute atomic E-state index is 0.0777. The molecule has 0 N–H and O–H groups in total. The van der Waals surface area contributed by atoms with Crippen molar-refractivity contribution >= 4 is 86.6 Å². The van der Waals surface area contributed by atoms with E-state index >= 15 is 0 Å². The van der Waals surface area contributed by atoms with E-state index in [1.54, 1.807) is 23.2 Å². The van der Waals surface area contributed by atoms with Gasteiger partial charge in [-0.15, -0.1) is 0 Å². The lowest BCUT2D eigenvalue weighted by Gasteiger charge is -2.30. The Morgan fingerprint density at radius 2 is 0.863 bits per heavy atom. The molecule has 0 amide bonds. The predicted molar refractivity (Wildman–Crippen MR) is 351 cm³/mol. The van der Waals surface area contributed by atoms with Gasteiger partial charge >= 0.3 is 53.7 Å². The van der Waals surface area contributed by atoms with Crippen molar-refractivity contribution in [2.24, 2.45) is 40.6 Å². The van der Waals surface area contributed by atoms with Crippen LogP contribution in [0.2, 0.25) is 0 Å². The van der Waals surface area contributed by atoms with E-state index in [-0.39, 0.29) is 111 Å². The van der Waals surface area contributed by atoms with Crippen molar-refractivity contribution in [2.45, 2.75) is 166 Å². The first kappa shape index (κ1) is 74.6. The highest BCUT2D eigenvalue weighted by Crippen LogP contribution is 2.37. The second kappa shape index (κ2) is 41.2. The molecule has 1 aromatic heterocycles. The summed E-state index contributed by atoms with van der Waals surface area (Å²) in [6.45, 7) is 12.7. The number of para-hydroxylation sites is 1. The topological polar surface area (TPSA) is 284 Å². The molecule has 95 heavy (non-hydrogen) atoms. The smallest absolute Gasteiger partial charge is 0.330 e. The number of carbonyl (C=O) groups excluding carboxylic acids is 9. The monoisotopic (exact) mass is 1340 g/mol. The molecule has 23 nitrogen and oxygen atoms in total. The number of hydrogen-bond donors (Lipinski definition) is 0. The number of hydrazone groups is 1. The standard InChI is InChI=1S/C71H93N3O20S/c1-4-62(75)86-38-13-7-9-15-40-89-65(78)49-19-23-51(24-20-49)67(80)91-56-31-27-53(28-32-56)69(82)93-58-35-36-60(55(47-58)48-72-74(71-73-59-17-11-12-18-61(59)95-71)37-42-84-43-44-85-45-46-88-64(77)6-3)94-70(83)54-29-33-57(34-30-54)92-68(81)52-25-21-50(22-26-52)66(79)90-41-16-10-8-14-39-87-63(76)5-2/h4-6,11-12,17-18,35-36,47-54,56-57H,1-3,7-10,13-16,19-34,37-46H2/b72-48+. The fraction of sp³-hybridized carbons (Fsp3) is 0.592. The van der Waals surface area contributed by atoms with E-state index < -0.39 is 41.7 Å². The van der Waals surface area contributed by atoms with E-state index in [1.807, 2.05) is 24.3 Å². The molecule has 1 heterocycles. The molecule has 518 valence electrons. The van der Waals surface area contributed by atoms with Crippen LogP contribution in [-0.2, 0) is 85.8 Å². The SMILES string of the molecule is C=CC(=O)OCCCCCCOC(=O)C1CCC(C(=O)OC2CCC(C(=O)Oc3ccc(OC(=O)C4CCC(OC(=O)C5CCC(C(=O)OCCCCCCOC(=O)C=C)CC5)CC4)c(/C=N/N(CCOCCOCCOC(=O)C=C)c4nc5ccccc5s4)c3)CC2)CC1. The molecule has 0 aliphatic heterocycles. The number of ether oxygens (including phenoxy) is 11. The normalized spacial score (nSPS) is 21.1. The lowest BCUT2D eigenvalue weighted by molar-refractivity contribution is -0.161. The lowest BCUT2D eigenvalue weighted by Crippen LogP contribution is -2.33. The minimum atomic E-state index is -0.536. The third-order valence-electron chi connectivity index (χ3n) is 17.5. The summed E-state index contributed by atoms with van der Waals surface area (Å²) in [4.78, 5) is 119. The molecule has 0 unspecified atom stereocenters. The summed E-state index contributed by atoms with van der Waals surface area (Å²) in [5, 5.41) is 7.09. The minimum Gasteiger partial charge on any atom is -0.465 e. The van der Waals surface area contributed by atoms with Gasteiger partial charge in [0.25, 0.3) is 0 Å². The molecule has 4 aliphatic rings. The Hall–Kier alpha value is -7.83. The summed E-state index contributed by atoms with van der Waals surface area (Å²) in [6, 6.07) is 12.4. The largest absolute Gasteiger partial charge is 0.465 e. The zero-order valence-electron chi connectivity index (χ0n) is 54.5. The van der Waals surface area contributed by atoms with Gasteiger partial charge in [0.15, 0.2) is 0 Å². The fourth-order valence-electron chi connectivity index (χ4n) is 11.9. The van der Waals surface area contributed by atoms with Crippen LogP contribution < -0.4 is 14.5 Å². The number of unbranched alkanes of at least 4 members (excludes halogenated alkanes) is 6. The third kappa shape index (κ3) is 26.0. The molecular formula is C71H93N3O20S. The average molecular weight is 1340 g/mol. The van der Waals surface area contributed by atoms with E-state index in [9.17, 15) is 43.2 Å². The van der Waals surface area contributed by atoms with Gasteiger partial charge in [0.1, 0.15) is 30.3 Å². The highest BCUT2D eigenvalue weighted by Gasteiger charge is 2.37. The van der Waals surface area contributed by atoms with E-state index in [1.165, 1.54) is 17.6 Å². The lowest BCUT2D eigenvalue weighted by atomic mass is 9.82. The predicted octanol–water partition coefficient (Wildman–Crippen LogP) is 11.2. The van der Waals surface area contributed by atoms with Crippen molar-refractivity contribution in [3.63, 3.8) is 0 Å². The number of thiazole rings is 1. The van der Waals surface area contributed by atoms with Gasteiger partial charge in [-0.1, -0.05) is 43.2 Å². The van der Waals surface area contributed by atoms with Crippen molar-refractivity contribution in [3.8, 4) is 11.5 Å². The molecule has 3 aromatic rings. The first-order valence-corrected chi connectivity index (χ1v) is 34.5. The summed E-state index contributed by atoms with van der Waals surface area (Å²) in [5.41, 5.74) is 1.10. The van der Waals surface area contributed by atoms with Crippen LogP contribution in [-0.4, -0.2) is 143 Å². The molecule has 2 aromatic carbocycles. The van der Waals surface area contributed by atoms with Gasteiger partial charge in [-0.05, 0) is 184 Å². The number of nitrogens with zero attached hydrogens (tertiary/aromatic N) is 3. The van der Waals surface area contributed by atoms with Gasteiger partial charge in [0, 0.05) is 23.8 Å². The second-order valence-corrected chi connectivity index (χ2v) is 25.3. The Kier molecular flexibility index (Phi) is 32.3.